The van der Waals surface area contributed by atoms with Crippen molar-refractivity contribution in [3.05, 3.63) is 59.7 Å². The summed E-state index contributed by atoms with van der Waals surface area (Å²) in [6.07, 6.45) is 3.90. The van der Waals surface area contributed by atoms with Gasteiger partial charge in [-0.1, -0.05) is 37.1 Å². The number of ether oxygens (including phenoxy) is 4. The molecule has 0 aliphatic carbocycles. The van der Waals surface area contributed by atoms with Crippen molar-refractivity contribution in [2.45, 2.75) is 116 Å². The van der Waals surface area contributed by atoms with Crippen LogP contribution in [0.2, 0.25) is 0 Å². The number of Topliss-reactive ketones (excluding diaryl/α,β-unsaturated/α-hetero) is 1. The van der Waals surface area contributed by atoms with Gasteiger partial charge in [0.25, 0.3) is 11.8 Å². The van der Waals surface area contributed by atoms with Crippen LogP contribution in [0.5, 0.6) is 11.5 Å². The van der Waals surface area contributed by atoms with Crippen LogP contribution in [0, 0.1) is 0 Å². The second-order valence-corrected chi connectivity index (χ2v) is 13.6. The van der Waals surface area contributed by atoms with E-state index in [1.54, 1.807) is 55.6 Å². The number of methoxy groups -OCH3 is 2. The Hall–Kier alpha value is -6.00. The average Bonchev–Trinajstić information content (AvgIpc) is 3.53. The molecule has 0 saturated carbocycles. The summed E-state index contributed by atoms with van der Waals surface area (Å²) < 4.78 is 21.1. The molecule has 3 N–H and O–H groups in total. The number of esters is 2. The number of carbonyl (C=O) groups excluding carboxylic acids is 8. The molecule has 0 bridgehead atoms. The minimum Gasteiger partial charge on any atom is -0.497 e. The van der Waals surface area contributed by atoms with Gasteiger partial charge in [-0.05, 0) is 80.8 Å². The summed E-state index contributed by atoms with van der Waals surface area (Å²) in [5.74, 6) is -2.22. The van der Waals surface area contributed by atoms with Crippen LogP contribution >= 0.6 is 0 Å². The number of imide groups is 1. The molecule has 316 valence electrons. The Balaban J connectivity index is 1.38. The topological polar surface area (TPSA) is 222 Å². The van der Waals surface area contributed by atoms with Gasteiger partial charge in [0.05, 0.1) is 20.3 Å². The predicted octanol–water partition coefficient (Wildman–Crippen LogP) is 4.13. The summed E-state index contributed by atoms with van der Waals surface area (Å²) in [7, 11) is 3.08. The monoisotopic (exact) mass is 810 g/mol. The van der Waals surface area contributed by atoms with Gasteiger partial charge >= 0.3 is 23.9 Å². The van der Waals surface area contributed by atoms with E-state index in [2.05, 4.69) is 16.0 Å². The molecule has 2 aromatic carbocycles. The Morgan fingerprint density at radius 1 is 0.638 bits per heavy atom. The number of benzene rings is 2. The van der Waals surface area contributed by atoms with Gasteiger partial charge in [-0.15, -0.1) is 5.06 Å². The van der Waals surface area contributed by atoms with Crippen molar-refractivity contribution in [2.24, 2.45) is 0 Å². The number of amides is 5. The van der Waals surface area contributed by atoms with Gasteiger partial charge in [-0.2, -0.15) is 0 Å². The van der Waals surface area contributed by atoms with Crippen molar-refractivity contribution in [3.8, 4) is 11.5 Å². The van der Waals surface area contributed by atoms with Crippen LogP contribution in [-0.2, 0) is 61.1 Å². The van der Waals surface area contributed by atoms with Crippen LogP contribution < -0.4 is 25.4 Å². The highest BCUT2D eigenvalue weighted by molar-refractivity contribution is 6.01. The Labute approximate surface area is 337 Å². The molecule has 17 heteroatoms. The molecule has 5 amide bonds. The second kappa shape index (κ2) is 25.3. The molecule has 1 fully saturated rings. The second-order valence-electron chi connectivity index (χ2n) is 13.6. The fourth-order valence-electron chi connectivity index (χ4n) is 5.68. The van der Waals surface area contributed by atoms with Crippen LogP contribution in [0.15, 0.2) is 48.5 Å². The molecule has 1 aliphatic heterocycles. The van der Waals surface area contributed by atoms with E-state index in [-0.39, 0.29) is 63.4 Å². The Morgan fingerprint density at radius 3 is 1.76 bits per heavy atom. The van der Waals surface area contributed by atoms with Crippen molar-refractivity contribution in [3.63, 3.8) is 0 Å². The first-order valence-corrected chi connectivity index (χ1v) is 19.4. The van der Waals surface area contributed by atoms with E-state index in [1.165, 1.54) is 14.0 Å². The quantitative estimate of drug-likeness (QED) is 0.0692. The number of urea groups is 1. The molecule has 58 heavy (non-hydrogen) atoms. The van der Waals surface area contributed by atoms with Gasteiger partial charge in [0.1, 0.15) is 30.8 Å². The maximum absolute atomic E-state index is 13.2. The third-order valence-electron chi connectivity index (χ3n) is 9.10. The Kier molecular flexibility index (Phi) is 20.2. The predicted molar refractivity (Wildman–Crippen MR) is 206 cm³/mol. The molecule has 0 aromatic heterocycles. The number of hydrogen-bond acceptors (Lipinski definition) is 13. The summed E-state index contributed by atoms with van der Waals surface area (Å²) in [4.78, 5) is 103. The van der Waals surface area contributed by atoms with Gasteiger partial charge in [-0.3, -0.25) is 24.0 Å². The van der Waals surface area contributed by atoms with E-state index >= 15 is 0 Å². The Bertz CT molecular complexity index is 1680. The molecular formula is C41H54N4O13. The number of unbranched alkanes of at least 4 members (excludes halogenated alkanes) is 4. The van der Waals surface area contributed by atoms with E-state index in [4.69, 9.17) is 23.8 Å². The van der Waals surface area contributed by atoms with Crippen molar-refractivity contribution in [1.82, 2.24) is 21.0 Å². The van der Waals surface area contributed by atoms with Crippen LogP contribution in [0.1, 0.15) is 102 Å². The highest BCUT2D eigenvalue weighted by Gasteiger charge is 2.32. The fourth-order valence-corrected chi connectivity index (χ4v) is 5.68. The normalized spacial score (nSPS) is 13.2. The number of hydroxylamine groups is 2. The summed E-state index contributed by atoms with van der Waals surface area (Å²) in [5.41, 5.74) is 1.41. The van der Waals surface area contributed by atoms with Gasteiger partial charge in [0, 0.05) is 38.6 Å². The number of carbonyl (C=O) groups is 8. The molecule has 2 aromatic rings. The van der Waals surface area contributed by atoms with Crippen molar-refractivity contribution >= 4 is 47.4 Å². The minimum atomic E-state index is -1.23. The third kappa shape index (κ3) is 17.4. The lowest BCUT2D eigenvalue weighted by molar-refractivity contribution is -0.197. The standard InChI is InChI=1S/C41H54N4O13/c1-28(46)33(10-8-9-25-42-35(47)11-6-4-5-7-12-39(51)58-45-36(48)22-23-37(45)49)43-41(53)44-34(40(52)57-27-30-15-19-32(55-3)20-16-30)21-24-38(50)56-26-29-13-17-31(54-2)18-14-29/h13-20,33-34H,4-12,21-27H2,1-3H3,(H,42,47)(H2,43,44,53)/t33-,34-/m0/s1. The highest BCUT2D eigenvalue weighted by atomic mass is 16.7. The lowest BCUT2D eigenvalue weighted by Crippen LogP contribution is -2.51. The largest absolute Gasteiger partial charge is 0.497 e. The zero-order valence-corrected chi connectivity index (χ0v) is 33.3. The number of nitrogens with one attached hydrogen (secondary N) is 3. The lowest BCUT2D eigenvalue weighted by Gasteiger charge is -2.21. The van der Waals surface area contributed by atoms with Gasteiger partial charge in [-0.25, -0.2) is 14.4 Å². The summed E-state index contributed by atoms with van der Waals surface area (Å²) >= 11 is 0. The summed E-state index contributed by atoms with van der Waals surface area (Å²) in [6, 6.07) is 11.0. The number of rotatable bonds is 26. The lowest BCUT2D eigenvalue weighted by atomic mass is 10.1. The van der Waals surface area contributed by atoms with Crippen LogP contribution in [0.3, 0.4) is 0 Å². The third-order valence-corrected chi connectivity index (χ3v) is 9.10. The molecule has 0 spiro atoms. The summed E-state index contributed by atoms with van der Waals surface area (Å²) in [5, 5.41) is 8.51. The van der Waals surface area contributed by atoms with E-state index in [0.29, 0.717) is 73.6 Å². The average molecular weight is 811 g/mol. The molecule has 0 radical (unpaired) electrons. The van der Waals surface area contributed by atoms with E-state index in [0.717, 1.165) is 5.56 Å². The molecule has 1 heterocycles. The minimum absolute atomic E-state index is 0.00530. The molecule has 3 rings (SSSR count). The zero-order chi connectivity index (χ0) is 42.3. The molecule has 1 aliphatic rings. The first-order valence-electron chi connectivity index (χ1n) is 19.4. The van der Waals surface area contributed by atoms with Crippen molar-refractivity contribution < 1.29 is 62.1 Å². The zero-order valence-electron chi connectivity index (χ0n) is 33.3. The SMILES string of the molecule is COc1ccc(COC(=O)CC[C@H](NC(=O)N[C@@H](CCCCNC(=O)CCCCCCC(=O)ON2C(=O)CCC2=O)C(C)=O)C(=O)OCc2ccc(OC)cc2)cc1. The maximum Gasteiger partial charge on any atom is 0.333 e. The van der Waals surface area contributed by atoms with E-state index < -0.39 is 47.8 Å². The molecular weight excluding hydrogens is 756 g/mol. The smallest absolute Gasteiger partial charge is 0.333 e. The van der Waals surface area contributed by atoms with E-state index in [9.17, 15) is 38.4 Å². The number of hydrogen-bond donors (Lipinski definition) is 3. The van der Waals surface area contributed by atoms with E-state index in [1.807, 2.05) is 0 Å². The number of nitrogens with zero attached hydrogens (tertiary/aromatic N) is 1. The van der Waals surface area contributed by atoms with Crippen LogP contribution in [0.4, 0.5) is 4.79 Å². The van der Waals surface area contributed by atoms with Crippen molar-refractivity contribution in [1.29, 1.82) is 0 Å². The van der Waals surface area contributed by atoms with Gasteiger partial charge in [0.15, 0.2) is 5.78 Å². The highest BCUT2D eigenvalue weighted by Crippen LogP contribution is 2.16. The molecule has 17 nitrogen and oxygen atoms in total. The molecule has 2 atom stereocenters. The number of ketones is 1. The van der Waals surface area contributed by atoms with Crippen LogP contribution in [-0.4, -0.2) is 85.4 Å². The first kappa shape index (κ1) is 46.4. The van der Waals surface area contributed by atoms with Gasteiger partial charge < -0.3 is 39.7 Å². The molecule has 0 unspecified atom stereocenters. The Morgan fingerprint density at radius 2 is 1.19 bits per heavy atom. The fraction of sp³-hybridized carbons (Fsp3) is 0.512. The summed E-state index contributed by atoms with van der Waals surface area (Å²) in [6.45, 7) is 1.62. The maximum atomic E-state index is 13.2. The van der Waals surface area contributed by atoms with Gasteiger partial charge in [0.2, 0.25) is 5.91 Å². The van der Waals surface area contributed by atoms with Crippen molar-refractivity contribution in [2.75, 3.05) is 20.8 Å². The molecule has 1 saturated heterocycles. The van der Waals surface area contributed by atoms with Crippen LogP contribution in [0.25, 0.3) is 0 Å². The first-order chi connectivity index (χ1) is 27.9.